The molecule has 2 aliphatic rings. The Hall–Kier alpha value is -0.540. The lowest BCUT2D eigenvalue weighted by atomic mass is 10.1. The molecule has 1 unspecified atom stereocenters. The van der Waals surface area contributed by atoms with Crippen molar-refractivity contribution < 1.29 is 0 Å². The molecule has 0 aromatic heterocycles. The summed E-state index contributed by atoms with van der Waals surface area (Å²) in [6, 6.07) is 0. The molecule has 2 N–H and O–H groups in total. The first-order chi connectivity index (χ1) is 6.86. The summed E-state index contributed by atoms with van der Waals surface area (Å²) in [6.45, 7) is 6.91. The van der Waals surface area contributed by atoms with Gasteiger partial charge in [-0.05, 0) is 32.7 Å². The van der Waals surface area contributed by atoms with E-state index in [9.17, 15) is 0 Å². The Morgan fingerprint density at radius 3 is 3.14 bits per heavy atom. The SMILES string of the molecule is CC1=CCCC(N2CCCNCC2)N1. The fourth-order valence-corrected chi connectivity index (χ4v) is 2.30. The van der Waals surface area contributed by atoms with Crippen LogP contribution < -0.4 is 10.6 Å². The Morgan fingerprint density at radius 2 is 2.29 bits per heavy atom. The average Bonchev–Trinajstić information content (AvgIpc) is 2.45. The van der Waals surface area contributed by atoms with Crippen molar-refractivity contribution in [2.24, 2.45) is 0 Å². The second-order valence-corrected chi connectivity index (χ2v) is 4.26. The first-order valence-corrected chi connectivity index (χ1v) is 5.74. The van der Waals surface area contributed by atoms with Gasteiger partial charge in [-0.1, -0.05) is 6.08 Å². The van der Waals surface area contributed by atoms with E-state index in [0.717, 1.165) is 6.54 Å². The van der Waals surface area contributed by atoms with Gasteiger partial charge in [-0.2, -0.15) is 0 Å². The van der Waals surface area contributed by atoms with Crippen molar-refractivity contribution in [3.63, 3.8) is 0 Å². The summed E-state index contributed by atoms with van der Waals surface area (Å²) in [5.74, 6) is 0. The minimum Gasteiger partial charge on any atom is -0.373 e. The van der Waals surface area contributed by atoms with Gasteiger partial charge in [0.15, 0.2) is 0 Å². The molecule has 0 amide bonds. The molecule has 0 bridgehead atoms. The van der Waals surface area contributed by atoms with E-state index in [0.29, 0.717) is 6.17 Å². The second-order valence-electron chi connectivity index (χ2n) is 4.26. The maximum absolute atomic E-state index is 3.57. The highest BCUT2D eigenvalue weighted by atomic mass is 15.3. The smallest absolute Gasteiger partial charge is 0.0793 e. The van der Waals surface area contributed by atoms with E-state index in [2.05, 4.69) is 28.5 Å². The molecule has 2 heterocycles. The standard InChI is InChI=1S/C11H21N3/c1-10-4-2-5-11(13-10)14-8-3-6-12-7-9-14/h4,11-13H,2-3,5-9H2,1H3. The van der Waals surface area contributed by atoms with Crippen molar-refractivity contribution in [2.45, 2.75) is 32.4 Å². The Labute approximate surface area is 86.5 Å². The number of rotatable bonds is 1. The van der Waals surface area contributed by atoms with E-state index in [1.165, 1.54) is 44.6 Å². The molecular formula is C11H21N3. The minimum atomic E-state index is 0.583. The summed E-state index contributed by atoms with van der Waals surface area (Å²) in [5, 5.41) is 7.02. The Bertz CT molecular complexity index is 205. The van der Waals surface area contributed by atoms with Crippen molar-refractivity contribution in [1.82, 2.24) is 15.5 Å². The fraction of sp³-hybridized carbons (Fsp3) is 0.818. The van der Waals surface area contributed by atoms with Gasteiger partial charge in [-0.25, -0.2) is 0 Å². The average molecular weight is 195 g/mol. The molecule has 3 nitrogen and oxygen atoms in total. The lowest BCUT2D eigenvalue weighted by molar-refractivity contribution is 0.171. The van der Waals surface area contributed by atoms with E-state index in [1.807, 2.05) is 0 Å². The highest BCUT2D eigenvalue weighted by Crippen LogP contribution is 2.13. The third-order valence-corrected chi connectivity index (χ3v) is 3.10. The summed E-state index contributed by atoms with van der Waals surface area (Å²) in [6.07, 6.45) is 6.65. The van der Waals surface area contributed by atoms with E-state index in [-0.39, 0.29) is 0 Å². The van der Waals surface area contributed by atoms with Crippen molar-refractivity contribution >= 4 is 0 Å². The van der Waals surface area contributed by atoms with Crippen LogP contribution in [-0.2, 0) is 0 Å². The van der Waals surface area contributed by atoms with Gasteiger partial charge in [-0.15, -0.1) is 0 Å². The summed E-state index contributed by atoms with van der Waals surface area (Å²) < 4.78 is 0. The summed E-state index contributed by atoms with van der Waals surface area (Å²) >= 11 is 0. The lowest BCUT2D eigenvalue weighted by Gasteiger charge is -2.34. The van der Waals surface area contributed by atoms with E-state index < -0.39 is 0 Å². The molecule has 3 heteroatoms. The molecule has 0 radical (unpaired) electrons. The summed E-state index contributed by atoms with van der Waals surface area (Å²) in [5.41, 5.74) is 1.35. The quantitative estimate of drug-likeness (QED) is 0.651. The number of allylic oxidation sites excluding steroid dienone is 2. The molecule has 1 atom stereocenters. The van der Waals surface area contributed by atoms with Crippen LogP contribution in [0.15, 0.2) is 11.8 Å². The van der Waals surface area contributed by atoms with Crippen LogP contribution >= 0.6 is 0 Å². The fourth-order valence-electron chi connectivity index (χ4n) is 2.30. The van der Waals surface area contributed by atoms with Crippen molar-refractivity contribution in [3.05, 3.63) is 11.8 Å². The number of nitrogens with zero attached hydrogens (tertiary/aromatic N) is 1. The first kappa shape index (κ1) is 9.99. The molecule has 80 valence electrons. The van der Waals surface area contributed by atoms with Gasteiger partial charge >= 0.3 is 0 Å². The zero-order chi connectivity index (χ0) is 9.80. The molecule has 14 heavy (non-hydrogen) atoms. The molecule has 1 fully saturated rings. The van der Waals surface area contributed by atoms with E-state index >= 15 is 0 Å². The Morgan fingerprint density at radius 1 is 1.36 bits per heavy atom. The topological polar surface area (TPSA) is 27.3 Å². The number of nitrogens with one attached hydrogen (secondary N) is 2. The second kappa shape index (κ2) is 4.80. The summed E-state index contributed by atoms with van der Waals surface area (Å²) in [4.78, 5) is 2.58. The van der Waals surface area contributed by atoms with Gasteiger partial charge in [0.05, 0.1) is 6.17 Å². The van der Waals surface area contributed by atoms with Crippen LogP contribution in [0.25, 0.3) is 0 Å². The Kier molecular flexibility index (Phi) is 3.43. The molecule has 0 aromatic carbocycles. The molecular weight excluding hydrogens is 174 g/mol. The zero-order valence-electron chi connectivity index (χ0n) is 9.05. The maximum atomic E-state index is 3.57. The normalized spacial score (nSPS) is 30.4. The van der Waals surface area contributed by atoms with Crippen LogP contribution in [0.2, 0.25) is 0 Å². The predicted molar refractivity (Wildman–Crippen MR) is 59.0 cm³/mol. The van der Waals surface area contributed by atoms with Crippen LogP contribution in [0.3, 0.4) is 0 Å². The molecule has 1 saturated heterocycles. The van der Waals surface area contributed by atoms with Crippen LogP contribution in [0.5, 0.6) is 0 Å². The highest BCUT2D eigenvalue weighted by molar-refractivity contribution is 5.02. The minimum absolute atomic E-state index is 0.583. The van der Waals surface area contributed by atoms with Crippen LogP contribution in [0.4, 0.5) is 0 Å². The molecule has 0 aromatic rings. The predicted octanol–water partition coefficient (Wildman–Crippen LogP) is 0.895. The molecule has 2 rings (SSSR count). The van der Waals surface area contributed by atoms with Crippen LogP contribution in [0, 0.1) is 0 Å². The van der Waals surface area contributed by atoms with Crippen molar-refractivity contribution in [2.75, 3.05) is 26.2 Å². The van der Waals surface area contributed by atoms with Crippen LogP contribution in [-0.4, -0.2) is 37.2 Å². The van der Waals surface area contributed by atoms with E-state index in [4.69, 9.17) is 0 Å². The molecule has 0 aliphatic carbocycles. The van der Waals surface area contributed by atoms with Gasteiger partial charge in [0.25, 0.3) is 0 Å². The van der Waals surface area contributed by atoms with Crippen molar-refractivity contribution in [1.29, 1.82) is 0 Å². The van der Waals surface area contributed by atoms with E-state index in [1.54, 1.807) is 0 Å². The number of hydrogen-bond donors (Lipinski definition) is 2. The molecule has 2 aliphatic heterocycles. The first-order valence-electron chi connectivity index (χ1n) is 5.74. The Balaban J connectivity index is 1.89. The maximum Gasteiger partial charge on any atom is 0.0793 e. The lowest BCUT2D eigenvalue weighted by Crippen LogP contribution is -2.47. The summed E-state index contributed by atoms with van der Waals surface area (Å²) in [7, 11) is 0. The van der Waals surface area contributed by atoms with Crippen LogP contribution in [0.1, 0.15) is 26.2 Å². The van der Waals surface area contributed by atoms with Gasteiger partial charge < -0.3 is 10.6 Å². The van der Waals surface area contributed by atoms with Crippen molar-refractivity contribution in [3.8, 4) is 0 Å². The van der Waals surface area contributed by atoms with Gasteiger partial charge in [0.2, 0.25) is 0 Å². The highest BCUT2D eigenvalue weighted by Gasteiger charge is 2.20. The van der Waals surface area contributed by atoms with Gasteiger partial charge in [-0.3, -0.25) is 4.90 Å². The molecule has 0 saturated carbocycles. The molecule has 0 spiro atoms. The largest absolute Gasteiger partial charge is 0.373 e. The third-order valence-electron chi connectivity index (χ3n) is 3.10. The monoisotopic (exact) mass is 195 g/mol. The van der Waals surface area contributed by atoms with Gasteiger partial charge in [0, 0.05) is 25.3 Å². The zero-order valence-corrected chi connectivity index (χ0v) is 9.05. The third kappa shape index (κ3) is 2.49. The number of hydrogen-bond acceptors (Lipinski definition) is 3. The van der Waals surface area contributed by atoms with Gasteiger partial charge in [0.1, 0.15) is 0 Å².